The molecule has 1 aliphatic heterocycles. The van der Waals surface area contributed by atoms with Crippen molar-refractivity contribution >= 4 is 26.9 Å². The first-order valence-electron chi connectivity index (χ1n) is 6.56. The zero-order valence-corrected chi connectivity index (χ0v) is 12.8. The molecule has 1 atom stereocenters. The summed E-state index contributed by atoms with van der Waals surface area (Å²) < 4.78 is 12.2. The van der Waals surface area contributed by atoms with Crippen molar-refractivity contribution in [3.8, 4) is 0 Å². The van der Waals surface area contributed by atoms with Gasteiger partial charge in [-0.25, -0.2) is 0 Å². The fourth-order valence-electron chi connectivity index (χ4n) is 2.30. The molecule has 2 aromatic rings. The van der Waals surface area contributed by atoms with Crippen LogP contribution in [0.5, 0.6) is 0 Å². The maximum absolute atomic E-state index is 5.89. The van der Waals surface area contributed by atoms with E-state index in [9.17, 15) is 0 Å². The van der Waals surface area contributed by atoms with Crippen LogP contribution in [0.3, 0.4) is 0 Å². The van der Waals surface area contributed by atoms with Gasteiger partial charge in [-0.3, -0.25) is 0 Å². The molecule has 0 radical (unpaired) electrons. The van der Waals surface area contributed by atoms with E-state index in [-0.39, 0.29) is 11.5 Å². The molecule has 0 aliphatic carbocycles. The lowest BCUT2D eigenvalue weighted by Gasteiger charge is -2.38. The molecule has 1 aromatic carbocycles. The maximum atomic E-state index is 5.89. The van der Waals surface area contributed by atoms with Crippen molar-refractivity contribution in [2.45, 2.75) is 19.9 Å². The van der Waals surface area contributed by atoms with Gasteiger partial charge < -0.3 is 14.5 Å². The summed E-state index contributed by atoms with van der Waals surface area (Å²) in [7, 11) is 0. The summed E-state index contributed by atoms with van der Waals surface area (Å²) in [5, 5.41) is 4.67. The maximum Gasteiger partial charge on any atom is 0.134 e. The summed E-state index contributed by atoms with van der Waals surface area (Å²) >= 11 is 3.48. The van der Waals surface area contributed by atoms with Gasteiger partial charge in [-0.15, -0.1) is 0 Å². The number of nitrogens with one attached hydrogen (secondary N) is 1. The summed E-state index contributed by atoms with van der Waals surface area (Å²) in [6.45, 7) is 7.02. The molecule has 1 aromatic heterocycles. The first-order chi connectivity index (χ1) is 9.06. The molecule has 3 rings (SSSR count). The summed E-state index contributed by atoms with van der Waals surface area (Å²) in [4.78, 5) is 0. The highest BCUT2D eigenvalue weighted by atomic mass is 79.9. The zero-order chi connectivity index (χ0) is 13.5. The molecule has 3 nitrogen and oxygen atoms in total. The Morgan fingerprint density at radius 1 is 1.37 bits per heavy atom. The Bertz CT molecular complexity index is 589. The quantitative estimate of drug-likeness (QED) is 0.927. The van der Waals surface area contributed by atoms with Crippen molar-refractivity contribution < 1.29 is 9.15 Å². The minimum Gasteiger partial charge on any atom is -0.459 e. The minimum absolute atomic E-state index is 0.212. The van der Waals surface area contributed by atoms with E-state index in [1.54, 1.807) is 0 Å². The number of halogens is 1. The first-order valence-corrected chi connectivity index (χ1v) is 7.35. The van der Waals surface area contributed by atoms with E-state index in [0.29, 0.717) is 0 Å². The molecule has 0 saturated carbocycles. The third kappa shape index (κ3) is 2.71. The minimum atomic E-state index is 0.212. The van der Waals surface area contributed by atoms with Crippen LogP contribution in [0.25, 0.3) is 11.0 Å². The second kappa shape index (κ2) is 4.93. The largest absolute Gasteiger partial charge is 0.459 e. The Kier molecular flexibility index (Phi) is 3.41. The van der Waals surface area contributed by atoms with Gasteiger partial charge in [0.05, 0.1) is 19.3 Å². The molecule has 1 unspecified atom stereocenters. The highest BCUT2D eigenvalue weighted by molar-refractivity contribution is 9.10. The van der Waals surface area contributed by atoms with E-state index in [4.69, 9.17) is 9.15 Å². The van der Waals surface area contributed by atoms with Crippen LogP contribution in [0.4, 0.5) is 0 Å². The predicted octanol–water partition coefficient (Wildman–Crippen LogP) is 3.88. The Labute approximate surface area is 121 Å². The van der Waals surface area contributed by atoms with E-state index < -0.39 is 0 Å². The van der Waals surface area contributed by atoms with Crippen LogP contribution < -0.4 is 5.32 Å². The molecule has 4 heteroatoms. The average molecular weight is 324 g/mol. The Balaban J connectivity index is 1.72. The van der Waals surface area contributed by atoms with Crippen molar-refractivity contribution in [3.05, 3.63) is 34.5 Å². The first kappa shape index (κ1) is 13.2. The van der Waals surface area contributed by atoms with Gasteiger partial charge in [0, 0.05) is 21.8 Å². The van der Waals surface area contributed by atoms with Crippen LogP contribution in [-0.2, 0) is 4.74 Å². The summed E-state index contributed by atoms with van der Waals surface area (Å²) in [5.41, 5.74) is 1.22. The average Bonchev–Trinajstić information content (AvgIpc) is 2.76. The Morgan fingerprint density at radius 2 is 2.16 bits per heavy atom. The van der Waals surface area contributed by atoms with Gasteiger partial charge in [-0.05, 0) is 31.2 Å². The molecule has 102 valence electrons. The second-order valence-electron chi connectivity index (χ2n) is 5.74. The highest BCUT2D eigenvalue weighted by Crippen LogP contribution is 2.29. The lowest BCUT2D eigenvalue weighted by Crippen LogP contribution is -2.47. The van der Waals surface area contributed by atoms with Gasteiger partial charge >= 0.3 is 0 Å². The molecular formula is C15H18BrNO2. The summed E-state index contributed by atoms with van der Waals surface area (Å²) in [5.74, 6) is 0.983. The van der Waals surface area contributed by atoms with Crippen molar-refractivity contribution in [1.82, 2.24) is 5.32 Å². The van der Waals surface area contributed by atoms with Crippen LogP contribution in [0.1, 0.15) is 25.6 Å². The van der Waals surface area contributed by atoms with Crippen molar-refractivity contribution in [2.75, 3.05) is 19.8 Å². The lowest BCUT2D eigenvalue weighted by molar-refractivity contribution is -0.100. The number of hydrogen-bond donors (Lipinski definition) is 1. The molecule has 1 aliphatic rings. The molecule has 1 fully saturated rings. The molecule has 1 saturated heterocycles. The zero-order valence-electron chi connectivity index (χ0n) is 11.2. The third-order valence-electron chi connectivity index (χ3n) is 3.66. The Hall–Kier alpha value is -0.840. The van der Waals surface area contributed by atoms with E-state index in [1.165, 1.54) is 0 Å². The smallest absolute Gasteiger partial charge is 0.134 e. The fourth-order valence-corrected chi connectivity index (χ4v) is 2.68. The SMILES string of the molecule is CC(NCC1(C)COC1)c1cc2cc(Br)ccc2o1. The normalized spacial score (nSPS) is 19.3. The molecule has 1 N–H and O–H groups in total. The van der Waals surface area contributed by atoms with Crippen molar-refractivity contribution in [1.29, 1.82) is 0 Å². The number of furan rings is 1. The summed E-state index contributed by atoms with van der Waals surface area (Å²) in [6, 6.07) is 8.40. The van der Waals surface area contributed by atoms with Crippen LogP contribution in [0.2, 0.25) is 0 Å². The van der Waals surface area contributed by atoms with E-state index in [1.807, 2.05) is 12.1 Å². The fraction of sp³-hybridized carbons (Fsp3) is 0.467. The molecule has 0 amide bonds. The van der Waals surface area contributed by atoms with Gasteiger partial charge in [0.15, 0.2) is 0 Å². The highest BCUT2D eigenvalue weighted by Gasteiger charge is 2.33. The van der Waals surface area contributed by atoms with Crippen LogP contribution in [0, 0.1) is 5.41 Å². The van der Waals surface area contributed by atoms with E-state index in [2.05, 4.69) is 47.2 Å². The molecule has 2 heterocycles. The van der Waals surface area contributed by atoms with Crippen LogP contribution >= 0.6 is 15.9 Å². The third-order valence-corrected chi connectivity index (χ3v) is 4.15. The standard InChI is InChI=1S/C15H18BrNO2/c1-10(17-7-15(2)8-18-9-15)14-6-11-5-12(16)3-4-13(11)19-14/h3-6,10,17H,7-9H2,1-2H3. The van der Waals surface area contributed by atoms with Gasteiger partial charge in [0.2, 0.25) is 0 Å². The van der Waals surface area contributed by atoms with E-state index >= 15 is 0 Å². The van der Waals surface area contributed by atoms with Crippen LogP contribution in [0.15, 0.2) is 33.2 Å². The molecule has 0 spiro atoms. The molecule has 19 heavy (non-hydrogen) atoms. The topological polar surface area (TPSA) is 34.4 Å². The van der Waals surface area contributed by atoms with Crippen LogP contribution in [-0.4, -0.2) is 19.8 Å². The number of rotatable bonds is 4. The monoisotopic (exact) mass is 323 g/mol. The number of ether oxygens (including phenoxy) is 1. The Morgan fingerprint density at radius 3 is 2.84 bits per heavy atom. The van der Waals surface area contributed by atoms with E-state index in [0.717, 1.165) is 41.0 Å². The summed E-state index contributed by atoms with van der Waals surface area (Å²) in [6.07, 6.45) is 0. The van der Waals surface area contributed by atoms with Gasteiger partial charge in [-0.2, -0.15) is 0 Å². The van der Waals surface area contributed by atoms with Gasteiger partial charge in [0.25, 0.3) is 0 Å². The van der Waals surface area contributed by atoms with Gasteiger partial charge in [0.1, 0.15) is 11.3 Å². The van der Waals surface area contributed by atoms with Crippen molar-refractivity contribution in [2.24, 2.45) is 5.41 Å². The molecular weight excluding hydrogens is 306 g/mol. The lowest BCUT2D eigenvalue weighted by atomic mass is 9.88. The number of fused-ring (bicyclic) bond motifs is 1. The second-order valence-corrected chi connectivity index (χ2v) is 6.65. The predicted molar refractivity (Wildman–Crippen MR) is 79.3 cm³/mol. The number of hydrogen-bond acceptors (Lipinski definition) is 3. The van der Waals surface area contributed by atoms with Gasteiger partial charge in [-0.1, -0.05) is 22.9 Å². The van der Waals surface area contributed by atoms with Crippen molar-refractivity contribution in [3.63, 3.8) is 0 Å². The molecule has 0 bridgehead atoms. The number of benzene rings is 1.